The van der Waals surface area contributed by atoms with Crippen molar-refractivity contribution in [1.82, 2.24) is 10.3 Å². The van der Waals surface area contributed by atoms with Crippen LogP contribution in [0.2, 0.25) is 0 Å². The van der Waals surface area contributed by atoms with Crippen molar-refractivity contribution in [3.63, 3.8) is 0 Å². The van der Waals surface area contributed by atoms with Crippen LogP contribution in [0.4, 0.5) is 0 Å². The number of fused-ring (bicyclic) bond motifs is 1. The molecule has 3 aromatic rings. The van der Waals surface area contributed by atoms with Crippen LogP contribution in [0, 0.1) is 0 Å². The first-order valence-corrected chi connectivity index (χ1v) is 8.21. The van der Waals surface area contributed by atoms with Gasteiger partial charge in [0.15, 0.2) is 9.84 Å². The summed E-state index contributed by atoms with van der Waals surface area (Å²) in [4.78, 5) is 3.42. The predicted molar refractivity (Wildman–Crippen MR) is 83.7 cm³/mol. The fraction of sp³-hybridized carbons (Fsp3) is 0.125. The summed E-state index contributed by atoms with van der Waals surface area (Å²) in [6, 6.07) is 16.0. The molecule has 1 aromatic heterocycles. The van der Waals surface area contributed by atoms with Crippen molar-refractivity contribution in [2.75, 3.05) is 7.05 Å². The highest BCUT2D eigenvalue weighted by Crippen LogP contribution is 2.31. The molecule has 0 fully saturated rings. The number of sulfone groups is 1. The average Bonchev–Trinajstić information content (AvgIpc) is 2.98. The van der Waals surface area contributed by atoms with Crippen LogP contribution in [-0.2, 0) is 9.84 Å². The minimum atomic E-state index is -3.50. The van der Waals surface area contributed by atoms with Gasteiger partial charge in [0, 0.05) is 17.1 Å². The monoisotopic (exact) mass is 300 g/mol. The highest BCUT2D eigenvalue weighted by molar-refractivity contribution is 7.91. The molecule has 2 N–H and O–H groups in total. The number of aromatic amines is 1. The van der Waals surface area contributed by atoms with Gasteiger partial charge in [-0.05, 0) is 36.9 Å². The molecule has 5 heteroatoms. The zero-order valence-corrected chi connectivity index (χ0v) is 12.4. The smallest absolute Gasteiger partial charge is 0.198 e. The molecule has 0 radical (unpaired) electrons. The first-order chi connectivity index (χ1) is 10.1. The second-order valence-electron chi connectivity index (χ2n) is 4.81. The molecule has 0 aliphatic rings. The first kappa shape index (κ1) is 13.9. The number of nitrogens with one attached hydrogen (secondary N) is 2. The average molecular weight is 300 g/mol. The molecule has 0 aliphatic carbocycles. The van der Waals surface area contributed by atoms with E-state index < -0.39 is 15.2 Å². The van der Waals surface area contributed by atoms with E-state index in [1.807, 2.05) is 30.5 Å². The molecule has 0 saturated carbocycles. The lowest BCUT2D eigenvalue weighted by molar-refractivity contribution is 0.570. The summed E-state index contributed by atoms with van der Waals surface area (Å²) < 4.78 is 25.7. The largest absolute Gasteiger partial charge is 0.361 e. The van der Waals surface area contributed by atoms with Gasteiger partial charge >= 0.3 is 0 Å². The van der Waals surface area contributed by atoms with Crippen molar-refractivity contribution >= 4 is 20.7 Å². The van der Waals surface area contributed by atoms with E-state index in [9.17, 15) is 8.42 Å². The van der Waals surface area contributed by atoms with Crippen LogP contribution in [0.3, 0.4) is 0 Å². The Kier molecular flexibility index (Phi) is 3.53. The minimum Gasteiger partial charge on any atom is -0.361 e. The van der Waals surface area contributed by atoms with Gasteiger partial charge in [0.25, 0.3) is 0 Å². The van der Waals surface area contributed by atoms with Gasteiger partial charge in [0.1, 0.15) is 5.37 Å². The van der Waals surface area contributed by atoms with Crippen molar-refractivity contribution in [3.05, 3.63) is 66.4 Å². The summed E-state index contributed by atoms with van der Waals surface area (Å²) in [5.74, 6) is 0. The Hall–Kier alpha value is -2.11. The van der Waals surface area contributed by atoms with E-state index in [0.717, 1.165) is 16.5 Å². The summed E-state index contributed by atoms with van der Waals surface area (Å²) in [6.45, 7) is 0. The molecule has 2 aromatic carbocycles. The summed E-state index contributed by atoms with van der Waals surface area (Å²) in [5.41, 5.74) is 1.68. The predicted octanol–water partition coefficient (Wildman–Crippen LogP) is 2.86. The Balaban J connectivity index is 2.17. The lowest BCUT2D eigenvalue weighted by atomic mass is 10.1. The fourth-order valence-corrected chi connectivity index (χ4v) is 4.22. The van der Waals surface area contributed by atoms with Gasteiger partial charge in [0.2, 0.25) is 0 Å². The lowest BCUT2D eigenvalue weighted by Gasteiger charge is -2.18. The normalized spacial score (nSPS) is 13.4. The number of hydrogen-bond donors (Lipinski definition) is 2. The van der Waals surface area contributed by atoms with Gasteiger partial charge in [-0.3, -0.25) is 0 Å². The van der Waals surface area contributed by atoms with Gasteiger partial charge in [-0.15, -0.1) is 0 Å². The number of aromatic nitrogens is 1. The van der Waals surface area contributed by atoms with Gasteiger partial charge < -0.3 is 10.3 Å². The van der Waals surface area contributed by atoms with Gasteiger partial charge in [0.05, 0.1) is 4.90 Å². The quantitative estimate of drug-likeness (QED) is 0.779. The Bertz CT molecular complexity index is 854. The Morgan fingerprint density at radius 2 is 1.76 bits per heavy atom. The van der Waals surface area contributed by atoms with Gasteiger partial charge in [-0.1, -0.05) is 30.3 Å². The molecule has 0 bridgehead atoms. The molecule has 1 heterocycles. The maximum absolute atomic E-state index is 12.9. The summed E-state index contributed by atoms with van der Waals surface area (Å²) in [7, 11) is -1.84. The molecular formula is C16H16N2O2S. The second kappa shape index (κ2) is 5.35. The van der Waals surface area contributed by atoms with Crippen LogP contribution in [-0.4, -0.2) is 20.4 Å². The Morgan fingerprint density at radius 1 is 1.00 bits per heavy atom. The molecule has 21 heavy (non-hydrogen) atoms. The van der Waals surface area contributed by atoms with Crippen molar-refractivity contribution in [2.24, 2.45) is 0 Å². The van der Waals surface area contributed by atoms with Crippen LogP contribution in [0.25, 0.3) is 10.9 Å². The van der Waals surface area contributed by atoms with E-state index in [1.54, 1.807) is 37.4 Å². The maximum Gasteiger partial charge on any atom is 0.198 e. The Labute approximate surface area is 123 Å². The summed E-state index contributed by atoms with van der Waals surface area (Å²) in [5, 5.41) is 3.07. The van der Waals surface area contributed by atoms with Crippen molar-refractivity contribution < 1.29 is 8.42 Å². The molecule has 0 aliphatic heterocycles. The van der Waals surface area contributed by atoms with Crippen molar-refractivity contribution in [1.29, 1.82) is 0 Å². The van der Waals surface area contributed by atoms with E-state index in [-0.39, 0.29) is 0 Å². The highest BCUT2D eigenvalue weighted by Gasteiger charge is 2.28. The molecule has 4 nitrogen and oxygen atoms in total. The zero-order valence-electron chi connectivity index (χ0n) is 11.6. The third-order valence-electron chi connectivity index (χ3n) is 3.56. The molecular weight excluding hydrogens is 284 g/mol. The van der Waals surface area contributed by atoms with Crippen molar-refractivity contribution in [3.8, 4) is 0 Å². The van der Waals surface area contributed by atoms with Crippen molar-refractivity contribution in [2.45, 2.75) is 10.3 Å². The van der Waals surface area contributed by atoms with Crippen LogP contribution in [0.5, 0.6) is 0 Å². The molecule has 0 spiro atoms. The summed E-state index contributed by atoms with van der Waals surface area (Å²) in [6.07, 6.45) is 1.82. The molecule has 1 unspecified atom stereocenters. The van der Waals surface area contributed by atoms with Crippen LogP contribution < -0.4 is 5.32 Å². The number of hydrogen-bond acceptors (Lipinski definition) is 3. The fourth-order valence-electron chi connectivity index (χ4n) is 2.56. The number of benzene rings is 2. The second-order valence-corrected chi connectivity index (χ2v) is 6.85. The van der Waals surface area contributed by atoms with E-state index in [0.29, 0.717) is 4.90 Å². The van der Waals surface area contributed by atoms with Gasteiger partial charge in [-0.25, -0.2) is 8.42 Å². The first-order valence-electron chi connectivity index (χ1n) is 6.67. The molecule has 1 atom stereocenters. The van der Waals surface area contributed by atoms with E-state index >= 15 is 0 Å². The molecule has 0 amide bonds. The zero-order chi connectivity index (χ0) is 14.9. The van der Waals surface area contributed by atoms with Crippen LogP contribution in [0.15, 0.2) is 65.7 Å². The third-order valence-corrected chi connectivity index (χ3v) is 5.59. The van der Waals surface area contributed by atoms with E-state index in [4.69, 9.17) is 0 Å². The standard InChI is InChI=1S/C16H16N2O2S/c1-17-16(21(19,20)12-6-3-2-4-7-12)14-8-5-9-15-13(14)10-11-18-15/h2-11,16-18H,1H3. The van der Waals surface area contributed by atoms with E-state index in [2.05, 4.69) is 10.3 Å². The van der Waals surface area contributed by atoms with Crippen LogP contribution in [0.1, 0.15) is 10.9 Å². The Morgan fingerprint density at radius 3 is 2.48 bits per heavy atom. The number of rotatable bonds is 4. The third kappa shape index (κ3) is 2.34. The van der Waals surface area contributed by atoms with Crippen LogP contribution >= 0.6 is 0 Å². The number of H-pyrrole nitrogens is 1. The SMILES string of the molecule is CNC(c1cccc2[nH]ccc12)S(=O)(=O)c1ccccc1. The lowest BCUT2D eigenvalue weighted by Crippen LogP contribution is -2.26. The van der Waals surface area contributed by atoms with E-state index in [1.165, 1.54) is 0 Å². The topological polar surface area (TPSA) is 62.0 Å². The minimum absolute atomic E-state index is 0.317. The maximum atomic E-state index is 12.9. The highest BCUT2D eigenvalue weighted by atomic mass is 32.2. The molecule has 0 saturated heterocycles. The molecule has 3 rings (SSSR count). The summed E-state index contributed by atoms with van der Waals surface area (Å²) >= 11 is 0. The molecule has 108 valence electrons. The van der Waals surface area contributed by atoms with Gasteiger partial charge in [-0.2, -0.15) is 0 Å².